The summed E-state index contributed by atoms with van der Waals surface area (Å²) in [5.41, 5.74) is 0. The average Bonchev–Trinajstić information content (AvgIpc) is 2.37. The molecule has 2 bridgehead atoms. The van der Waals surface area contributed by atoms with E-state index in [0.717, 1.165) is 0 Å². The van der Waals surface area contributed by atoms with Crippen molar-refractivity contribution in [3.63, 3.8) is 0 Å². The molecule has 1 aliphatic carbocycles. The third-order valence-corrected chi connectivity index (χ3v) is 3.97. The van der Waals surface area contributed by atoms with Gasteiger partial charge >= 0.3 is 18.0 Å². The van der Waals surface area contributed by atoms with Crippen molar-refractivity contribution in [1.82, 2.24) is 4.90 Å². The minimum absolute atomic E-state index is 0.404. The molecule has 2 heterocycles. The number of carboxylic acids is 2. The largest absolute Gasteiger partial charge is 0.481 e. The molecule has 3 aliphatic rings. The van der Waals surface area contributed by atoms with E-state index in [4.69, 9.17) is 0 Å². The summed E-state index contributed by atoms with van der Waals surface area (Å²) in [6.45, 7) is 1.70. The first-order valence-electron chi connectivity index (χ1n) is 5.90. The van der Waals surface area contributed by atoms with Gasteiger partial charge in [0.25, 0.3) is 0 Å². The minimum Gasteiger partial charge on any atom is -0.481 e. The molecule has 0 aromatic heterocycles. The van der Waals surface area contributed by atoms with Crippen LogP contribution < -0.4 is 0 Å². The van der Waals surface area contributed by atoms with Crippen LogP contribution in [0.5, 0.6) is 0 Å². The molecule has 2 N–H and O–H groups in total. The Morgan fingerprint density at radius 3 is 2.16 bits per heavy atom. The Kier molecular flexibility index (Phi) is 3.21. The Bertz CT molecular complexity index is 459. The molecule has 7 nitrogen and oxygen atoms in total. The maximum absolute atomic E-state index is 11.7. The fourth-order valence-corrected chi connectivity index (χ4v) is 3.13. The van der Waals surface area contributed by atoms with Gasteiger partial charge < -0.3 is 14.9 Å². The third-order valence-electron chi connectivity index (χ3n) is 3.97. The van der Waals surface area contributed by atoms with E-state index in [9.17, 15) is 24.6 Å². The van der Waals surface area contributed by atoms with Crippen molar-refractivity contribution >= 4 is 18.0 Å². The Balaban J connectivity index is 2.45. The van der Waals surface area contributed by atoms with Crippen LogP contribution in [0.4, 0.5) is 4.79 Å². The van der Waals surface area contributed by atoms with Crippen LogP contribution in [-0.2, 0) is 14.3 Å². The van der Waals surface area contributed by atoms with Crippen molar-refractivity contribution in [3.8, 4) is 0 Å². The molecule has 1 fully saturated rings. The van der Waals surface area contributed by atoms with Crippen LogP contribution in [0.2, 0.25) is 0 Å². The standard InChI is InChI=1S/C12H15NO6/c1-5-6-3-4-7(13(5)12(18)19-2)9(11(16)17)8(6)10(14)15/h3-9H,1-2H3,(H,14,15)(H,16,17)/t5-,6-,7+,8+,9-/m1/s1. The highest BCUT2D eigenvalue weighted by Crippen LogP contribution is 2.43. The van der Waals surface area contributed by atoms with Crippen LogP contribution in [0.1, 0.15) is 6.92 Å². The van der Waals surface area contributed by atoms with Gasteiger partial charge in [0.15, 0.2) is 0 Å². The number of rotatable bonds is 2. The molecule has 5 atom stereocenters. The third kappa shape index (κ3) is 1.85. The van der Waals surface area contributed by atoms with E-state index >= 15 is 0 Å². The van der Waals surface area contributed by atoms with Gasteiger partial charge in [-0.05, 0) is 6.92 Å². The first-order valence-corrected chi connectivity index (χ1v) is 5.90. The van der Waals surface area contributed by atoms with Gasteiger partial charge in [-0.25, -0.2) is 4.79 Å². The lowest BCUT2D eigenvalue weighted by atomic mass is 9.66. The normalized spacial score (nSPS) is 36.1. The van der Waals surface area contributed by atoms with E-state index in [1.54, 1.807) is 19.1 Å². The predicted molar refractivity (Wildman–Crippen MR) is 62.4 cm³/mol. The summed E-state index contributed by atoms with van der Waals surface area (Å²) in [6.07, 6.45) is 2.63. The number of ether oxygens (including phenoxy) is 1. The highest BCUT2D eigenvalue weighted by Gasteiger charge is 2.56. The molecule has 0 spiro atoms. The average molecular weight is 269 g/mol. The van der Waals surface area contributed by atoms with E-state index in [1.807, 2.05) is 0 Å². The summed E-state index contributed by atoms with van der Waals surface area (Å²) in [5.74, 6) is -5.07. The molecule has 1 saturated heterocycles. The highest BCUT2D eigenvalue weighted by atomic mass is 16.5. The lowest BCUT2D eigenvalue weighted by Gasteiger charge is -2.51. The number of carbonyl (C=O) groups is 3. The highest BCUT2D eigenvalue weighted by molar-refractivity contribution is 5.84. The molecule has 0 aromatic rings. The number of nitrogens with zero attached hydrogens (tertiary/aromatic N) is 1. The monoisotopic (exact) mass is 269 g/mol. The number of carbonyl (C=O) groups excluding carboxylic acids is 1. The molecule has 0 saturated carbocycles. The molecular formula is C12H15NO6. The molecule has 7 heteroatoms. The summed E-state index contributed by atoms with van der Waals surface area (Å²) >= 11 is 0. The molecule has 104 valence electrons. The summed E-state index contributed by atoms with van der Waals surface area (Å²) in [7, 11) is 1.21. The van der Waals surface area contributed by atoms with Crippen molar-refractivity contribution < 1.29 is 29.3 Å². The smallest absolute Gasteiger partial charge is 0.410 e. The van der Waals surface area contributed by atoms with E-state index in [1.165, 1.54) is 12.0 Å². The molecule has 19 heavy (non-hydrogen) atoms. The lowest BCUT2D eigenvalue weighted by Crippen LogP contribution is -2.64. The summed E-state index contributed by atoms with van der Waals surface area (Å²) < 4.78 is 4.65. The van der Waals surface area contributed by atoms with Gasteiger partial charge in [0, 0.05) is 12.0 Å². The fourth-order valence-electron chi connectivity index (χ4n) is 3.13. The summed E-state index contributed by atoms with van der Waals surface area (Å²) in [6, 6.07) is -1.19. The zero-order chi connectivity index (χ0) is 14.3. The first kappa shape index (κ1) is 13.4. The minimum atomic E-state index is -1.22. The van der Waals surface area contributed by atoms with Gasteiger partial charge in [0.1, 0.15) is 0 Å². The van der Waals surface area contributed by atoms with Crippen LogP contribution >= 0.6 is 0 Å². The Morgan fingerprint density at radius 1 is 1.11 bits per heavy atom. The quantitative estimate of drug-likeness (QED) is 0.704. The van der Waals surface area contributed by atoms with E-state index < -0.39 is 47.9 Å². The SMILES string of the molecule is COC(=O)N1[C@H](C)[C@H]2C=C[C@H]1[C@@H](C(=O)O)[C@H]2C(=O)O. The van der Waals surface area contributed by atoms with E-state index in [2.05, 4.69) is 4.74 Å². The van der Waals surface area contributed by atoms with Gasteiger partial charge in [-0.15, -0.1) is 0 Å². The van der Waals surface area contributed by atoms with Crippen molar-refractivity contribution in [1.29, 1.82) is 0 Å². The van der Waals surface area contributed by atoms with Crippen molar-refractivity contribution in [2.75, 3.05) is 7.11 Å². The topological polar surface area (TPSA) is 104 Å². The Labute approximate surface area is 109 Å². The Morgan fingerprint density at radius 2 is 1.68 bits per heavy atom. The number of hydrogen-bond donors (Lipinski definition) is 2. The summed E-state index contributed by atoms with van der Waals surface area (Å²) in [5, 5.41) is 18.5. The lowest BCUT2D eigenvalue weighted by molar-refractivity contribution is -0.164. The van der Waals surface area contributed by atoms with Gasteiger partial charge in [-0.1, -0.05) is 12.2 Å². The number of amides is 1. The molecule has 0 aromatic carbocycles. The molecule has 0 unspecified atom stereocenters. The second kappa shape index (κ2) is 4.56. The van der Waals surface area contributed by atoms with Crippen molar-refractivity contribution in [2.45, 2.75) is 19.0 Å². The number of fused-ring (bicyclic) bond motifs is 2. The van der Waals surface area contributed by atoms with E-state index in [-0.39, 0.29) is 0 Å². The number of methoxy groups -OCH3 is 1. The van der Waals surface area contributed by atoms with Crippen LogP contribution in [-0.4, -0.2) is 52.3 Å². The molecular weight excluding hydrogens is 254 g/mol. The fraction of sp³-hybridized carbons (Fsp3) is 0.583. The van der Waals surface area contributed by atoms with Crippen LogP contribution in [0.3, 0.4) is 0 Å². The molecule has 0 radical (unpaired) electrons. The second-order valence-electron chi connectivity index (χ2n) is 4.80. The molecule has 2 aliphatic heterocycles. The van der Waals surface area contributed by atoms with Crippen LogP contribution in [0.25, 0.3) is 0 Å². The van der Waals surface area contributed by atoms with E-state index in [0.29, 0.717) is 0 Å². The zero-order valence-corrected chi connectivity index (χ0v) is 10.5. The van der Waals surface area contributed by atoms with Crippen LogP contribution in [0.15, 0.2) is 12.2 Å². The van der Waals surface area contributed by atoms with Crippen molar-refractivity contribution in [3.05, 3.63) is 12.2 Å². The molecule has 1 amide bonds. The van der Waals surface area contributed by atoms with Gasteiger partial charge in [0.05, 0.1) is 25.0 Å². The van der Waals surface area contributed by atoms with Crippen molar-refractivity contribution in [2.24, 2.45) is 17.8 Å². The summed E-state index contributed by atoms with van der Waals surface area (Å²) in [4.78, 5) is 35.7. The number of aliphatic carboxylic acids is 2. The second-order valence-corrected chi connectivity index (χ2v) is 4.80. The number of carboxylic acid groups (broad SMARTS) is 2. The maximum Gasteiger partial charge on any atom is 0.410 e. The zero-order valence-electron chi connectivity index (χ0n) is 10.5. The maximum atomic E-state index is 11.7. The first-order chi connectivity index (χ1) is 8.90. The predicted octanol–water partition coefficient (Wildman–Crippen LogP) is 0.413. The molecule has 3 rings (SSSR count). The van der Waals surface area contributed by atoms with Gasteiger partial charge in [0.2, 0.25) is 0 Å². The van der Waals surface area contributed by atoms with Gasteiger partial charge in [-0.3, -0.25) is 14.5 Å². The number of piperidine rings is 1. The van der Waals surface area contributed by atoms with Gasteiger partial charge in [-0.2, -0.15) is 0 Å². The Hall–Kier alpha value is -2.05. The van der Waals surface area contributed by atoms with Crippen LogP contribution in [0, 0.1) is 17.8 Å². The number of hydrogen-bond acceptors (Lipinski definition) is 4.